The van der Waals surface area contributed by atoms with E-state index in [0.29, 0.717) is 17.2 Å². The number of amides is 1. The van der Waals surface area contributed by atoms with Crippen molar-refractivity contribution in [3.63, 3.8) is 0 Å². The molecule has 1 N–H and O–H groups in total. The highest BCUT2D eigenvalue weighted by Crippen LogP contribution is 2.30. The number of rotatable bonds is 7. The predicted molar refractivity (Wildman–Crippen MR) is 108 cm³/mol. The Kier molecular flexibility index (Phi) is 6.94. The van der Waals surface area contributed by atoms with E-state index < -0.39 is 16.1 Å². The van der Waals surface area contributed by atoms with Gasteiger partial charge in [-0.2, -0.15) is 4.31 Å². The number of nitrogens with zero attached hydrogens (tertiary/aromatic N) is 2. The Hall–Kier alpha value is -0.960. The SMILES string of the molecule is CCCCN1CCC(NC(=O)C2CCCN2S(=O)(=O)c2ccc(C)s2)CC1. The van der Waals surface area contributed by atoms with E-state index in [1.54, 1.807) is 6.07 Å². The van der Waals surface area contributed by atoms with Crippen molar-refractivity contribution in [1.29, 1.82) is 0 Å². The number of hydrogen-bond donors (Lipinski definition) is 1. The second-order valence-corrected chi connectivity index (χ2v) is 11.0. The maximum Gasteiger partial charge on any atom is 0.253 e. The lowest BCUT2D eigenvalue weighted by molar-refractivity contribution is -0.125. The summed E-state index contributed by atoms with van der Waals surface area (Å²) in [6.07, 6.45) is 5.64. The first-order chi connectivity index (χ1) is 12.9. The Bertz CT molecular complexity index is 739. The maximum atomic E-state index is 12.9. The van der Waals surface area contributed by atoms with E-state index >= 15 is 0 Å². The molecule has 1 aromatic rings. The summed E-state index contributed by atoms with van der Waals surface area (Å²) in [5.74, 6) is -0.128. The van der Waals surface area contributed by atoms with E-state index in [1.807, 2.05) is 13.0 Å². The summed E-state index contributed by atoms with van der Waals surface area (Å²) >= 11 is 1.27. The van der Waals surface area contributed by atoms with Gasteiger partial charge in [0, 0.05) is 30.6 Å². The molecule has 0 aromatic carbocycles. The minimum atomic E-state index is -3.59. The molecule has 152 valence electrons. The number of carbonyl (C=O) groups is 1. The van der Waals surface area contributed by atoms with Crippen molar-refractivity contribution in [2.24, 2.45) is 0 Å². The fourth-order valence-electron chi connectivity index (χ4n) is 3.94. The Morgan fingerprint density at radius 1 is 1.22 bits per heavy atom. The average molecular weight is 414 g/mol. The van der Waals surface area contributed by atoms with Gasteiger partial charge in [0.15, 0.2) is 0 Å². The van der Waals surface area contributed by atoms with Crippen molar-refractivity contribution in [2.45, 2.75) is 68.7 Å². The minimum Gasteiger partial charge on any atom is -0.352 e. The van der Waals surface area contributed by atoms with E-state index in [4.69, 9.17) is 0 Å². The molecule has 0 bridgehead atoms. The molecule has 0 radical (unpaired) electrons. The number of piperidine rings is 1. The van der Waals surface area contributed by atoms with Crippen LogP contribution in [0.1, 0.15) is 50.3 Å². The number of sulfonamides is 1. The van der Waals surface area contributed by atoms with Crippen LogP contribution in [0.2, 0.25) is 0 Å². The first-order valence-electron chi connectivity index (χ1n) is 10.0. The summed E-state index contributed by atoms with van der Waals surface area (Å²) in [5, 5.41) is 3.13. The summed E-state index contributed by atoms with van der Waals surface area (Å²) in [6.45, 7) is 7.66. The standard InChI is InChI=1S/C19H31N3O3S2/c1-3-4-11-21-13-9-16(10-14-21)20-19(23)17-6-5-12-22(17)27(24,25)18-8-7-15(2)26-18/h7-8,16-17H,3-6,9-14H2,1-2H3,(H,20,23). The smallest absolute Gasteiger partial charge is 0.253 e. The average Bonchev–Trinajstić information content (AvgIpc) is 3.31. The topological polar surface area (TPSA) is 69.7 Å². The predicted octanol–water partition coefficient (Wildman–Crippen LogP) is 2.59. The summed E-state index contributed by atoms with van der Waals surface area (Å²) in [7, 11) is -3.59. The lowest BCUT2D eigenvalue weighted by Crippen LogP contribution is -2.51. The zero-order valence-electron chi connectivity index (χ0n) is 16.3. The van der Waals surface area contributed by atoms with Crippen LogP contribution in [0.25, 0.3) is 0 Å². The molecule has 2 aliphatic heterocycles. The van der Waals surface area contributed by atoms with Gasteiger partial charge >= 0.3 is 0 Å². The fourth-order valence-corrected chi connectivity index (χ4v) is 7.01. The molecule has 27 heavy (non-hydrogen) atoms. The van der Waals surface area contributed by atoms with E-state index in [0.717, 1.165) is 43.8 Å². The van der Waals surface area contributed by atoms with Gasteiger partial charge in [-0.15, -0.1) is 11.3 Å². The molecular weight excluding hydrogens is 382 g/mol. The number of likely N-dealkylation sites (tertiary alicyclic amines) is 1. The van der Waals surface area contributed by atoms with Crippen molar-refractivity contribution in [2.75, 3.05) is 26.2 Å². The third kappa shape index (κ3) is 4.91. The summed E-state index contributed by atoms with van der Waals surface area (Å²) in [5.41, 5.74) is 0. The number of aryl methyl sites for hydroxylation is 1. The van der Waals surface area contributed by atoms with Gasteiger partial charge in [-0.05, 0) is 57.7 Å². The molecule has 2 fully saturated rings. The largest absolute Gasteiger partial charge is 0.352 e. The van der Waals surface area contributed by atoms with Gasteiger partial charge in [-0.1, -0.05) is 13.3 Å². The van der Waals surface area contributed by atoms with Crippen LogP contribution >= 0.6 is 11.3 Å². The molecule has 1 atom stereocenters. The zero-order valence-corrected chi connectivity index (χ0v) is 17.9. The molecule has 0 spiro atoms. The lowest BCUT2D eigenvalue weighted by Gasteiger charge is -2.33. The normalized spacial score (nSPS) is 23.0. The second-order valence-electron chi connectivity index (χ2n) is 7.62. The van der Waals surface area contributed by atoms with Crippen LogP contribution in [0.3, 0.4) is 0 Å². The van der Waals surface area contributed by atoms with Crippen molar-refractivity contribution < 1.29 is 13.2 Å². The lowest BCUT2D eigenvalue weighted by atomic mass is 10.0. The third-order valence-electron chi connectivity index (χ3n) is 5.55. The van der Waals surface area contributed by atoms with Crippen molar-refractivity contribution in [1.82, 2.24) is 14.5 Å². The van der Waals surface area contributed by atoms with E-state index in [1.165, 1.54) is 28.5 Å². The third-order valence-corrected chi connectivity index (χ3v) is 8.92. The first-order valence-corrected chi connectivity index (χ1v) is 12.3. The molecule has 2 aliphatic rings. The highest BCUT2D eigenvalue weighted by Gasteiger charge is 2.40. The highest BCUT2D eigenvalue weighted by atomic mass is 32.2. The Labute approximate surface area is 167 Å². The molecule has 3 rings (SSSR count). The second kappa shape index (κ2) is 9.03. The molecule has 2 saturated heterocycles. The summed E-state index contributed by atoms with van der Waals surface area (Å²) < 4.78 is 27.6. The minimum absolute atomic E-state index is 0.128. The van der Waals surface area contributed by atoms with Crippen LogP contribution < -0.4 is 5.32 Å². The van der Waals surface area contributed by atoms with Gasteiger partial charge < -0.3 is 10.2 Å². The van der Waals surface area contributed by atoms with E-state index in [2.05, 4.69) is 17.1 Å². The van der Waals surface area contributed by atoms with Crippen LogP contribution in [-0.4, -0.2) is 61.8 Å². The van der Waals surface area contributed by atoms with Gasteiger partial charge in [-0.25, -0.2) is 8.42 Å². The van der Waals surface area contributed by atoms with Crippen LogP contribution in [0.5, 0.6) is 0 Å². The highest BCUT2D eigenvalue weighted by molar-refractivity contribution is 7.91. The Morgan fingerprint density at radius 3 is 2.59 bits per heavy atom. The van der Waals surface area contributed by atoms with E-state index in [9.17, 15) is 13.2 Å². The van der Waals surface area contributed by atoms with Crippen molar-refractivity contribution in [3.8, 4) is 0 Å². The molecule has 0 aliphatic carbocycles. The first kappa shape index (κ1) is 20.8. The molecular formula is C19H31N3O3S2. The van der Waals surface area contributed by atoms with Crippen LogP contribution in [0.15, 0.2) is 16.3 Å². The molecule has 1 aromatic heterocycles. The van der Waals surface area contributed by atoms with Gasteiger partial charge in [0.25, 0.3) is 10.0 Å². The maximum absolute atomic E-state index is 12.9. The van der Waals surface area contributed by atoms with Crippen molar-refractivity contribution >= 4 is 27.3 Å². The molecule has 3 heterocycles. The fraction of sp³-hybridized carbons (Fsp3) is 0.737. The van der Waals surface area contributed by atoms with Gasteiger partial charge in [0.2, 0.25) is 5.91 Å². The van der Waals surface area contributed by atoms with Crippen LogP contribution in [-0.2, 0) is 14.8 Å². The van der Waals surface area contributed by atoms with Crippen LogP contribution in [0, 0.1) is 6.92 Å². The molecule has 1 unspecified atom stereocenters. The summed E-state index contributed by atoms with van der Waals surface area (Å²) in [6, 6.07) is 3.05. The Morgan fingerprint density at radius 2 is 1.96 bits per heavy atom. The quantitative estimate of drug-likeness (QED) is 0.746. The van der Waals surface area contributed by atoms with Gasteiger partial charge in [0.05, 0.1) is 0 Å². The molecule has 1 amide bonds. The van der Waals surface area contributed by atoms with Crippen LogP contribution in [0.4, 0.5) is 0 Å². The molecule has 8 heteroatoms. The molecule has 0 saturated carbocycles. The van der Waals surface area contributed by atoms with Gasteiger partial charge in [0.1, 0.15) is 10.3 Å². The molecule has 6 nitrogen and oxygen atoms in total. The Balaban J connectivity index is 1.58. The zero-order chi connectivity index (χ0) is 19.4. The monoisotopic (exact) mass is 413 g/mol. The number of nitrogens with one attached hydrogen (secondary N) is 1. The summed E-state index contributed by atoms with van der Waals surface area (Å²) in [4.78, 5) is 16.3. The number of carbonyl (C=O) groups excluding carboxylic acids is 1. The number of unbranched alkanes of at least 4 members (excludes halogenated alkanes) is 1. The number of thiophene rings is 1. The van der Waals surface area contributed by atoms with Crippen molar-refractivity contribution in [3.05, 3.63) is 17.0 Å². The van der Waals surface area contributed by atoms with E-state index in [-0.39, 0.29) is 11.9 Å². The van der Waals surface area contributed by atoms with Gasteiger partial charge in [-0.3, -0.25) is 4.79 Å². The number of hydrogen-bond acceptors (Lipinski definition) is 5.